The monoisotopic (exact) mass is 334 g/mol. The second-order valence-corrected chi connectivity index (χ2v) is 5.28. The topological polar surface area (TPSA) is 110 Å². The van der Waals surface area contributed by atoms with Crippen LogP contribution in [0.1, 0.15) is 30.6 Å². The summed E-state index contributed by atoms with van der Waals surface area (Å²) < 4.78 is 0. The Morgan fingerprint density at radius 1 is 1.43 bits per heavy atom. The number of hydrogen-bond acceptors (Lipinski definition) is 4. The molecular formula is C12H12Cl2N2O5. The number of halogens is 2. The second-order valence-electron chi connectivity index (χ2n) is 4.49. The number of benzene rings is 1. The van der Waals surface area contributed by atoms with Gasteiger partial charge >= 0.3 is 5.97 Å². The third-order valence-corrected chi connectivity index (χ3v) is 3.83. The highest BCUT2D eigenvalue weighted by Gasteiger charge is 2.33. The fraction of sp³-hybridized carbons (Fsp3) is 0.333. The maximum Gasteiger partial charge on any atom is 0.329 e. The lowest BCUT2D eigenvalue weighted by atomic mass is 9.98. The molecule has 114 valence electrons. The molecule has 1 aromatic rings. The first-order valence-corrected chi connectivity index (χ1v) is 6.57. The van der Waals surface area contributed by atoms with Crippen molar-refractivity contribution in [3.63, 3.8) is 0 Å². The van der Waals surface area contributed by atoms with Crippen LogP contribution < -0.4 is 5.32 Å². The molecule has 0 radical (unpaired) electrons. The molecule has 0 heterocycles. The summed E-state index contributed by atoms with van der Waals surface area (Å²) in [6.07, 6.45) is 0.136. The molecule has 1 aromatic carbocycles. The maximum absolute atomic E-state index is 12.1. The van der Waals surface area contributed by atoms with E-state index in [-0.39, 0.29) is 22.0 Å². The Balaban J connectivity index is 3.20. The molecule has 0 bridgehead atoms. The number of carbonyl (C=O) groups is 2. The predicted molar refractivity (Wildman–Crippen MR) is 76.9 cm³/mol. The highest BCUT2D eigenvalue weighted by Crippen LogP contribution is 2.33. The number of aliphatic carboxylic acids is 1. The first-order valence-electron chi connectivity index (χ1n) is 5.81. The van der Waals surface area contributed by atoms with E-state index in [0.717, 1.165) is 12.1 Å². The molecule has 0 aliphatic heterocycles. The van der Waals surface area contributed by atoms with Crippen molar-refractivity contribution in [1.29, 1.82) is 0 Å². The van der Waals surface area contributed by atoms with Gasteiger partial charge in [-0.05, 0) is 19.4 Å². The summed E-state index contributed by atoms with van der Waals surface area (Å²) in [6.45, 7) is 2.92. The molecule has 0 fully saturated rings. The maximum atomic E-state index is 12.1. The average molecular weight is 335 g/mol. The minimum atomic E-state index is -1.49. The van der Waals surface area contributed by atoms with E-state index in [1.165, 1.54) is 6.92 Å². The van der Waals surface area contributed by atoms with Crippen molar-refractivity contribution in [2.45, 2.75) is 25.8 Å². The predicted octanol–water partition coefficient (Wildman–Crippen LogP) is 2.88. The van der Waals surface area contributed by atoms with Gasteiger partial charge in [0.1, 0.15) is 10.6 Å². The largest absolute Gasteiger partial charge is 0.480 e. The van der Waals surface area contributed by atoms with Crippen LogP contribution in [0.3, 0.4) is 0 Å². The average Bonchev–Trinajstić information content (AvgIpc) is 2.40. The normalized spacial score (nSPS) is 13.3. The zero-order chi connectivity index (χ0) is 16.4. The second kappa shape index (κ2) is 6.28. The van der Waals surface area contributed by atoms with E-state index in [2.05, 4.69) is 5.32 Å². The van der Waals surface area contributed by atoms with Crippen molar-refractivity contribution in [3.05, 3.63) is 37.9 Å². The molecular weight excluding hydrogens is 323 g/mol. The fourth-order valence-electron chi connectivity index (χ4n) is 1.45. The first kappa shape index (κ1) is 17.2. The molecule has 1 rings (SSSR count). The lowest BCUT2D eigenvalue weighted by Gasteiger charge is -2.24. The van der Waals surface area contributed by atoms with Crippen LogP contribution in [0.2, 0.25) is 10.0 Å². The SMILES string of the molecule is CCC(C)(NC(=O)c1cc(Cl)c(Cl)c([N+](=O)[O-])c1)C(=O)O. The smallest absolute Gasteiger partial charge is 0.329 e. The molecule has 0 aliphatic carbocycles. The molecule has 0 aliphatic rings. The third kappa shape index (κ3) is 3.62. The number of nitro benzene ring substituents is 1. The van der Waals surface area contributed by atoms with E-state index < -0.39 is 28.0 Å². The van der Waals surface area contributed by atoms with Gasteiger partial charge in [0.2, 0.25) is 0 Å². The summed E-state index contributed by atoms with van der Waals surface area (Å²) >= 11 is 11.4. The van der Waals surface area contributed by atoms with Crippen LogP contribution >= 0.6 is 23.2 Å². The Labute approximate surface area is 130 Å². The van der Waals surface area contributed by atoms with Crippen LogP contribution in [0.15, 0.2) is 12.1 Å². The molecule has 1 unspecified atom stereocenters. The number of nitro groups is 1. The van der Waals surface area contributed by atoms with Crippen LogP contribution in [-0.4, -0.2) is 27.4 Å². The van der Waals surface area contributed by atoms with Crippen LogP contribution in [0, 0.1) is 10.1 Å². The van der Waals surface area contributed by atoms with Crippen molar-refractivity contribution in [2.24, 2.45) is 0 Å². The number of nitrogens with one attached hydrogen (secondary N) is 1. The van der Waals surface area contributed by atoms with Crippen molar-refractivity contribution < 1.29 is 19.6 Å². The fourth-order valence-corrected chi connectivity index (χ4v) is 1.85. The lowest BCUT2D eigenvalue weighted by Crippen LogP contribution is -2.51. The lowest BCUT2D eigenvalue weighted by molar-refractivity contribution is -0.384. The van der Waals surface area contributed by atoms with Crippen LogP contribution in [0.5, 0.6) is 0 Å². The van der Waals surface area contributed by atoms with Crippen LogP contribution in [-0.2, 0) is 4.79 Å². The van der Waals surface area contributed by atoms with Crippen LogP contribution in [0.25, 0.3) is 0 Å². The summed E-state index contributed by atoms with van der Waals surface area (Å²) in [4.78, 5) is 33.3. The zero-order valence-corrected chi connectivity index (χ0v) is 12.7. The van der Waals surface area contributed by atoms with Crippen LogP contribution in [0.4, 0.5) is 5.69 Å². The van der Waals surface area contributed by atoms with Crippen molar-refractivity contribution in [1.82, 2.24) is 5.32 Å². The Hall–Kier alpha value is -1.86. The quantitative estimate of drug-likeness (QED) is 0.635. The highest BCUT2D eigenvalue weighted by atomic mass is 35.5. The molecule has 1 amide bonds. The summed E-state index contributed by atoms with van der Waals surface area (Å²) in [5, 5.41) is 21.8. The van der Waals surface area contributed by atoms with Crippen molar-refractivity contribution in [2.75, 3.05) is 0 Å². The van der Waals surface area contributed by atoms with E-state index >= 15 is 0 Å². The van der Waals surface area contributed by atoms with Crippen molar-refractivity contribution in [3.8, 4) is 0 Å². The van der Waals surface area contributed by atoms with E-state index in [4.69, 9.17) is 28.3 Å². The molecule has 0 saturated heterocycles. The molecule has 0 spiro atoms. The summed E-state index contributed by atoms with van der Waals surface area (Å²) in [5.74, 6) is -2.00. The van der Waals surface area contributed by atoms with Gasteiger partial charge in [0.25, 0.3) is 11.6 Å². The first-order chi connectivity index (χ1) is 9.62. The van der Waals surface area contributed by atoms with Gasteiger partial charge in [0.05, 0.1) is 9.95 Å². The van der Waals surface area contributed by atoms with Crippen molar-refractivity contribution >= 4 is 40.8 Å². The highest BCUT2D eigenvalue weighted by molar-refractivity contribution is 6.43. The van der Waals surface area contributed by atoms with E-state index in [0.29, 0.717) is 0 Å². The van der Waals surface area contributed by atoms with Gasteiger partial charge in [0, 0.05) is 11.6 Å². The number of amides is 1. The number of carboxylic acids is 1. The third-order valence-electron chi connectivity index (χ3n) is 3.04. The molecule has 2 N–H and O–H groups in total. The molecule has 9 heteroatoms. The standard InChI is InChI=1S/C12H12Cl2N2O5/c1-3-12(2,11(18)19)15-10(17)6-4-7(13)9(14)8(5-6)16(20)21/h4-5H,3H2,1-2H3,(H,15,17)(H,18,19). The molecule has 1 atom stereocenters. The number of carboxylic acid groups (broad SMARTS) is 1. The van der Waals surface area contributed by atoms with E-state index in [1.807, 2.05) is 0 Å². The van der Waals surface area contributed by atoms with Gasteiger partial charge < -0.3 is 10.4 Å². The summed E-state index contributed by atoms with van der Waals surface area (Å²) in [6, 6.07) is 2.09. The molecule has 7 nitrogen and oxygen atoms in total. The number of carbonyl (C=O) groups excluding carboxylic acids is 1. The summed E-state index contributed by atoms with van der Waals surface area (Å²) in [5.41, 5.74) is -2.15. The van der Waals surface area contributed by atoms with Gasteiger partial charge in [0.15, 0.2) is 0 Å². The Morgan fingerprint density at radius 3 is 2.43 bits per heavy atom. The minimum absolute atomic E-state index is 0.136. The minimum Gasteiger partial charge on any atom is -0.480 e. The zero-order valence-electron chi connectivity index (χ0n) is 11.1. The van der Waals surface area contributed by atoms with Gasteiger partial charge in [-0.25, -0.2) is 4.79 Å². The molecule has 21 heavy (non-hydrogen) atoms. The van der Waals surface area contributed by atoms with Gasteiger partial charge in [-0.1, -0.05) is 30.1 Å². The Kier molecular flexibility index (Phi) is 5.14. The number of rotatable bonds is 5. The number of hydrogen-bond donors (Lipinski definition) is 2. The number of nitrogens with zero attached hydrogens (tertiary/aromatic N) is 1. The Morgan fingerprint density at radius 2 is 2.00 bits per heavy atom. The van der Waals surface area contributed by atoms with E-state index in [9.17, 15) is 19.7 Å². The van der Waals surface area contributed by atoms with Gasteiger partial charge in [-0.2, -0.15) is 0 Å². The van der Waals surface area contributed by atoms with E-state index in [1.54, 1.807) is 6.92 Å². The summed E-state index contributed by atoms with van der Waals surface area (Å²) in [7, 11) is 0. The van der Waals surface area contributed by atoms with Gasteiger partial charge in [-0.15, -0.1) is 0 Å². The molecule has 0 saturated carbocycles. The van der Waals surface area contributed by atoms with Gasteiger partial charge in [-0.3, -0.25) is 14.9 Å². The Bertz CT molecular complexity index is 620. The molecule has 0 aromatic heterocycles.